The smallest absolute Gasteiger partial charge is 0.246 e. The second kappa shape index (κ2) is 5.22. The lowest BCUT2D eigenvalue weighted by Crippen LogP contribution is -2.19. The average Bonchev–Trinajstić information content (AvgIpc) is 2.82. The van der Waals surface area contributed by atoms with Gasteiger partial charge in [0, 0.05) is 12.2 Å². The van der Waals surface area contributed by atoms with E-state index >= 15 is 0 Å². The molecule has 0 aliphatic rings. The van der Waals surface area contributed by atoms with Gasteiger partial charge in [-0.3, -0.25) is 4.79 Å². The van der Waals surface area contributed by atoms with Gasteiger partial charge in [0.25, 0.3) is 0 Å². The average molecular weight is 231 g/mol. The molecule has 1 heterocycles. The normalized spacial score (nSPS) is 10.2. The topological polar surface area (TPSA) is 85.8 Å². The van der Waals surface area contributed by atoms with Crippen LogP contribution in [-0.4, -0.2) is 20.7 Å². The Bertz CT molecular complexity index is 494. The van der Waals surface area contributed by atoms with Gasteiger partial charge in [-0.05, 0) is 17.7 Å². The van der Waals surface area contributed by atoms with Crippen molar-refractivity contribution in [3.63, 3.8) is 0 Å². The predicted molar refractivity (Wildman–Crippen MR) is 63.0 cm³/mol. The number of nitrogens with two attached hydrogens (primary N) is 1. The van der Waals surface area contributed by atoms with E-state index in [0.717, 1.165) is 11.3 Å². The van der Waals surface area contributed by atoms with E-state index in [-0.39, 0.29) is 12.5 Å². The van der Waals surface area contributed by atoms with E-state index < -0.39 is 0 Å². The Labute approximate surface area is 98.5 Å². The Kier molecular flexibility index (Phi) is 3.46. The summed E-state index contributed by atoms with van der Waals surface area (Å²) in [5.74, 6) is -0.148. The molecule has 2 aromatic rings. The minimum Gasteiger partial charge on any atom is -0.326 e. The highest BCUT2D eigenvalue weighted by molar-refractivity contribution is 5.90. The second-order valence-electron chi connectivity index (χ2n) is 3.55. The molecule has 1 aromatic carbocycles. The van der Waals surface area contributed by atoms with Crippen molar-refractivity contribution < 1.29 is 4.79 Å². The number of benzene rings is 1. The van der Waals surface area contributed by atoms with Gasteiger partial charge in [0.2, 0.25) is 5.91 Å². The number of nitrogens with one attached hydrogen (secondary N) is 1. The van der Waals surface area contributed by atoms with E-state index in [2.05, 4.69) is 15.4 Å². The molecule has 0 fully saturated rings. The molecule has 0 bridgehead atoms. The van der Waals surface area contributed by atoms with Crippen LogP contribution < -0.4 is 11.1 Å². The van der Waals surface area contributed by atoms with Crippen LogP contribution in [0.25, 0.3) is 0 Å². The molecule has 0 aliphatic heterocycles. The zero-order valence-electron chi connectivity index (χ0n) is 9.21. The van der Waals surface area contributed by atoms with E-state index in [1.54, 1.807) is 0 Å². The van der Waals surface area contributed by atoms with E-state index in [1.807, 2.05) is 24.3 Å². The molecule has 2 rings (SSSR count). The molecule has 3 N–H and O–H groups in total. The van der Waals surface area contributed by atoms with E-state index in [1.165, 1.54) is 17.3 Å². The number of rotatable bonds is 4. The molecular formula is C11H13N5O. The fraction of sp³-hybridized carbons (Fsp3) is 0.182. The molecule has 0 saturated heterocycles. The highest BCUT2D eigenvalue weighted by atomic mass is 16.2. The number of nitrogens with zero attached hydrogens (tertiary/aromatic N) is 3. The third-order valence-electron chi connectivity index (χ3n) is 2.22. The molecule has 88 valence electrons. The molecule has 0 aliphatic carbocycles. The fourth-order valence-electron chi connectivity index (χ4n) is 1.44. The van der Waals surface area contributed by atoms with Crippen LogP contribution in [0.15, 0.2) is 36.9 Å². The Morgan fingerprint density at radius 2 is 2.35 bits per heavy atom. The summed E-state index contributed by atoms with van der Waals surface area (Å²) in [6, 6.07) is 7.43. The molecule has 1 amide bonds. The summed E-state index contributed by atoms with van der Waals surface area (Å²) < 4.78 is 1.46. The lowest BCUT2D eigenvalue weighted by atomic mass is 10.2. The maximum atomic E-state index is 11.6. The standard InChI is InChI=1S/C11H13N5O/c12-5-9-2-1-3-10(4-9)15-11(17)6-16-8-13-7-14-16/h1-4,7-8H,5-6,12H2,(H,15,17). The highest BCUT2D eigenvalue weighted by Crippen LogP contribution is 2.09. The first-order valence-electron chi connectivity index (χ1n) is 5.19. The molecule has 0 atom stereocenters. The summed E-state index contributed by atoms with van der Waals surface area (Å²) in [6.07, 6.45) is 2.89. The molecule has 0 saturated carbocycles. The Balaban J connectivity index is 1.98. The van der Waals surface area contributed by atoms with Gasteiger partial charge in [-0.15, -0.1) is 0 Å². The summed E-state index contributed by atoms with van der Waals surface area (Å²) in [5, 5.41) is 6.63. The van der Waals surface area contributed by atoms with Gasteiger partial charge in [-0.25, -0.2) is 9.67 Å². The zero-order chi connectivity index (χ0) is 12.1. The first kappa shape index (κ1) is 11.3. The SMILES string of the molecule is NCc1cccc(NC(=O)Cn2cncn2)c1. The van der Waals surface area contributed by atoms with E-state index in [9.17, 15) is 4.79 Å². The summed E-state index contributed by atoms with van der Waals surface area (Å²) in [7, 11) is 0. The van der Waals surface area contributed by atoms with Gasteiger partial charge >= 0.3 is 0 Å². The maximum absolute atomic E-state index is 11.6. The Hall–Kier alpha value is -2.21. The van der Waals surface area contributed by atoms with Gasteiger partial charge < -0.3 is 11.1 Å². The van der Waals surface area contributed by atoms with Crippen LogP contribution >= 0.6 is 0 Å². The third-order valence-corrected chi connectivity index (χ3v) is 2.22. The molecule has 17 heavy (non-hydrogen) atoms. The molecule has 6 heteroatoms. The molecule has 6 nitrogen and oxygen atoms in total. The number of carbonyl (C=O) groups is 1. The molecular weight excluding hydrogens is 218 g/mol. The number of anilines is 1. The number of amides is 1. The van der Waals surface area contributed by atoms with Gasteiger partial charge in [-0.2, -0.15) is 5.10 Å². The van der Waals surface area contributed by atoms with Crippen molar-refractivity contribution in [3.8, 4) is 0 Å². The van der Waals surface area contributed by atoms with Crippen LogP contribution in [0.4, 0.5) is 5.69 Å². The van der Waals surface area contributed by atoms with E-state index in [4.69, 9.17) is 5.73 Å². The monoisotopic (exact) mass is 231 g/mol. The number of carbonyl (C=O) groups excluding carboxylic acids is 1. The summed E-state index contributed by atoms with van der Waals surface area (Å²) in [6.45, 7) is 0.597. The number of hydrogen-bond donors (Lipinski definition) is 2. The van der Waals surface area contributed by atoms with Crippen molar-refractivity contribution in [1.82, 2.24) is 14.8 Å². The molecule has 1 aromatic heterocycles. The lowest BCUT2D eigenvalue weighted by Gasteiger charge is -2.06. The largest absolute Gasteiger partial charge is 0.326 e. The third kappa shape index (κ3) is 3.12. The van der Waals surface area contributed by atoms with E-state index in [0.29, 0.717) is 6.54 Å². The van der Waals surface area contributed by atoms with Gasteiger partial charge in [0.1, 0.15) is 19.2 Å². The van der Waals surface area contributed by atoms with Crippen LogP contribution in [-0.2, 0) is 17.9 Å². The Morgan fingerprint density at radius 1 is 1.47 bits per heavy atom. The van der Waals surface area contributed by atoms with Gasteiger partial charge in [0.15, 0.2) is 0 Å². The molecule has 0 unspecified atom stereocenters. The number of aromatic nitrogens is 3. The molecule has 0 radical (unpaired) electrons. The summed E-state index contributed by atoms with van der Waals surface area (Å²) >= 11 is 0. The van der Waals surface area contributed by atoms with Gasteiger partial charge in [0.05, 0.1) is 0 Å². The fourth-order valence-corrected chi connectivity index (χ4v) is 1.44. The van der Waals surface area contributed by atoms with Crippen LogP contribution in [0.2, 0.25) is 0 Å². The van der Waals surface area contributed by atoms with Crippen molar-refractivity contribution >= 4 is 11.6 Å². The molecule has 0 spiro atoms. The predicted octanol–water partition coefficient (Wildman–Crippen LogP) is 0.375. The second-order valence-corrected chi connectivity index (χ2v) is 3.55. The quantitative estimate of drug-likeness (QED) is 0.796. The van der Waals surface area contributed by atoms with Crippen LogP contribution in [0.1, 0.15) is 5.56 Å². The summed E-state index contributed by atoms with van der Waals surface area (Å²) in [5.41, 5.74) is 7.23. The van der Waals surface area contributed by atoms with Crippen LogP contribution in [0.3, 0.4) is 0 Å². The summed E-state index contributed by atoms with van der Waals surface area (Å²) in [4.78, 5) is 15.4. The van der Waals surface area contributed by atoms with Crippen LogP contribution in [0.5, 0.6) is 0 Å². The van der Waals surface area contributed by atoms with Gasteiger partial charge in [-0.1, -0.05) is 12.1 Å². The lowest BCUT2D eigenvalue weighted by molar-refractivity contribution is -0.116. The zero-order valence-corrected chi connectivity index (χ0v) is 9.21. The van der Waals surface area contributed by atoms with Crippen LogP contribution in [0, 0.1) is 0 Å². The maximum Gasteiger partial charge on any atom is 0.246 e. The van der Waals surface area contributed by atoms with Crippen molar-refractivity contribution in [3.05, 3.63) is 42.5 Å². The Morgan fingerprint density at radius 3 is 3.06 bits per heavy atom. The minimum atomic E-state index is -0.148. The first-order valence-corrected chi connectivity index (χ1v) is 5.19. The van der Waals surface area contributed by atoms with Crippen molar-refractivity contribution in [2.24, 2.45) is 5.73 Å². The number of hydrogen-bond acceptors (Lipinski definition) is 4. The van der Waals surface area contributed by atoms with Crippen molar-refractivity contribution in [2.75, 3.05) is 5.32 Å². The van der Waals surface area contributed by atoms with Crippen molar-refractivity contribution in [1.29, 1.82) is 0 Å². The minimum absolute atomic E-state index is 0.146. The highest BCUT2D eigenvalue weighted by Gasteiger charge is 2.04. The first-order chi connectivity index (χ1) is 8.28. The van der Waals surface area contributed by atoms with Crippen molar-refractivity contribution in [2.45, 2.75) is 13.1 Å².